The molecule has 1 fully saturated rings. The summed E-state index contributed by atoms with van der Waals surface area (Å²) >= 11 is 3.20. The van der Waals surface area contributed by atoms with Crippen LogP contribution in [0.3, 0.4) is 0 Å². The van der Waals surface area contributed by atoms with Gasteiger partial charge in [0.25, 0.3) is 0 Å². The fraction of sp³-hybridized carbons (Fsp3) is 0.273. The number of hydrogen-bond acceptors (Lipinski definition) is 4. The summed E-state index contributed by atoms with van der Waals surface area (Å²) < 4.78 is 0.654. The Morgan fingerprint density at radius 3 is 2.94 bits per heavy atom. The summed E-state index contributed by atoms with van der Waals surface area (Å²) in [4.78, 5) is 28.3. The molecule has 92 valence electrons. The van der Waals surface area contributed by atoms with Crippen molar-refractivity contribution in [2.45, 2.75) is 6.42 Å². The molecule has 1 aliphatic heterocycles. The molecule has 0 aromatic carbocycles. The highest BCUT2D eigenvalue weighted by atomic mass is 79.9. The summed E-state index contributed by atoms with van der Waals surface area (Å²) in [5.41, 5.74) is 5.46. The van der Waals surface area contributed by atoms with E-state index in [9.17, 15) is 9.59 Å². The molecule has 0 saturated carbocycles. The van der Waals surface area contributed by atoms with E-state index in [0.29, 0.717) is 4.47 Å². The predicted octanol–water partition coefficient (Wildman–Crippen LogP) is 0.554. The molecule has 2 amide bonds. The molecule has 0 radical (unpaired) electrons. The minimum Gasteiger partial charge on any atom is -0.369 e. The van der Waals surface area contributed by atoms with Gasteiger partial charge in [0.05, 0.1) is 11.5 Å². The van der Waals surface area contributed by atoms with E-state index >= 15 is 0 Å². The van der Waals surface area contributed by atoms with Crippen molar-refractivity contribution < 1.29 is 9.59 Å². The van der Waals surface area contributed by atoms with Gasteiger partial charge >= 0.3 is 0 Å². The first-order valence-corrected chi connectivity index (χ1v) is 5.97. The molecule has 2 heterocycles. The van der Waals surface area contributed by atoms with E-state index in [4.69, 9.17) is 11.0 Å². The maximum Gasteiger partial charge on any atom is 0.229 e. The standard InChI is InChI=1S/C11H9BrN4O2/c12-8-1-6(3-13)11(15-4-8)16-5-7(10(14)18)2-9(16)17/h1,4,7H,2,5H2,(H2,14,18). The van der Waals surface area contributed by atoms with Crippen LogP contribution in [-0.2, 0) is 9.59 Å². The number of nitrogens with two attached hydrogens (primary N) is 1. The molecule has 1 aromatic rings. The second-order valence-corrected chi connectivity index (χ2v) is 4.86. The lowest BCUT2D eigenvalue weighted by Gasteiger charge is -2.16. The molecule has 1 unspecified atom stereocenters. The molecule has 1 aliphatic rings. The zero-order valence-corrected chi connectivity index (χ0v) is 10.8. The van der Waals surface area contributed by atoms with Gasteiger partial charge in [0.1, 0.15) is 6.07 Å². The van der Waals surface area contributed by atoms with Gasteiger partial charge in [0.2, 0.25) is 11.8 Å². The van der Waals surface area contributed by atoms with Crippen LogP contribution in [0.15, 0.2) is 16.7 Å². The molecular weight excluding hydrogens is 300 g/mol. The third kappa shape index (κ3) is 2.19. The maximum absolute atomic E-state index is 11.8. The Hall–Kier alpha value is -1.94. The van der Waals surface area contributed by atoms with Crippen LogP contribution in [0.5, 0.6) is 0 Å². The number of halogens is 1. The summed E-state index contributed by atoms with van der Waals surface area (Å²) in [6.07, 6.45) is 1.57. The number of amides is 2. The van der Waals surface area contributed by atoms with Gasteiger partial charge in [-0.05, 0) is 22.0 Å². The van der Waals surface area contributed by atoms with Gasteiger partial charge in [-0.25, -0.2) is 4.98 Å². The van der Waals surface area contributed by atoms with Crippen molar-refractivity contribution in [2.24, 2.45) is 11.7 Å². The molecule has 2 N–H and O–H groups in total. The van der Waals surface area contributed by atoms with Crippen molar-refractivity contribution in [3.8, 4) is 6.07 Å². The Labute approximate surface area is 112 Å². The smallest absolute Gasteiger partial charge is 0.229 e. The van der Waals surface area contributed by atoms with Crippen molar-refractivity contribution in [1.82, 2.24) is 4.98 Å². The Bertz CT molecular complexity index is 567. The average Bonchev–Trinajstić information content (AvgIpc) is 2.71. The molecule has 1 atom stereocenters. The number of carbonyl (C=O) groups excluding carboxylic acids is 2. The van der Waals surface area contributed by atoms with E-state index < -0.39 is 11.8 Å². The van der Waals surface area contributed by atoms with Crippen LogP contribution >= 0.6 is 15.9 Å². The van der Waals surface area contributed by atoms with Gasteiger partial charge in [-0.15, -0.1) is 0 Å². The number of nitriles is 1. The van der Waals surface area contributed by atoms with Crippen LogP contribution in [0.4, 0.5) is 5.82 Å². The second kappa shape index (κ2) is 4.74. The van der Waals surface area contributed by atoms with E-state index in [1.807, 2.05) is 6.07 Å². The predicted molar refractivity (Wildman–Crippen MR) is 66.3 cm³/mol. The SMILES string of the molecule is N#Cc1cc(Br)cnc1N1CC(C(N)=O)CC1=O. The van der Waals surface area contributed by atoms with E-state index in [1.165, 1.54) is 11.1 Å². The number of primary amides is 1. The Kier molecular flexibility index (Phi) is 3.30. The van der Waals surface area contributed by atoms with Crippen LogP contribution in [0.25, 0.3) is 0 Å². The zero-order chi connectivity index (χ0) is 13.3. The van der Waals surface area contributed by atoms with Crippen molar-refractivity contribution in [1.29, 1.82) is 5.26 Å². The first-order chi connectivity index (χ1) is 8.52. The van der Waals surface area contributed by atoms with Crippen molar-refractivity contribution in [3.63, 3.8) is 0 Å². The third-order valence-electron chi connectivity index (χ3n) is 2.74. The van der Waals surface area contributed by atoms with Gasteiger partial charge in [-0.3, -0.25) is 14.5 Å². The van der Waals surface area contributed by atoms with Gasteiger partial charge in [0, 0.05) is 23.6 Å². The molecule has 0 aliphatic carbocycles. The fourth-order valence-corrected chi connectivity index (χ4v) is 2.16. The topological polar surface area (TPSA) is 100 Å². The second-order valence-electron chi connectivity index (χ2n) is 3.94. The van der Waals surface area contributed by atoms with Crippen molar-refractivity contribution in [2.75, 3.05) is 11.4 Å². The average molecular weight is 309 g/mol. The number of nitrogens with zero attached hydrogens (tertiary/aromatic N) is 3. The maximum atomic E-state index is 11.8. The van der Waals surface area contributed by atoms with E-state index in [0.717, 1.165) is 0 Å². The molecule has 0 bridgehead atoms. The number of pyridine rings is 1. The highest BCUT2D eigenvalue weighted by Crippen LogP contribution is 2.27. The minimum atomic E-state index is -0.519. The zero-order valence-electron chi connectivity index (χ0n) is 9.26. The summed E-state index contributed by atoms with van der Waals surface area (Å²) in [5, 5.41) is 9.02. The van der Waals surface area contributed by atoms with Crippen LogP contribution < -0.4 is 10.6 Å². The summed E-state index contributed by atoms with van der Waals surface area (Å²) in [5.74, 6) is -1.00. The first kappa shape index (κ1) is 12.5. The summed E-state index contributed by atoms with van der Waals surface area (Å²) in [6, 6.07) is 3.55. The molecule has 2 rings (SSSR count). The molecular formula is C11H9BrN4O2. The molecule has 1 saturated heterocycles. The quantitative estimate of drug-likeness (QED) is 0.862. The lowest BCUT2D eigenvalue weighted by atomic mass is 10.1. The largest absolute Gasteiger partial charge is 0.369 e. The molecule has 0 spiro atoms. The summed E-state index contributed by atoms with van der Waals surface area (Å²) in [7, 11) is 0. The monoisotopic (exact) mass is 308 g/mol. The van der Waals surface area contributed by atoms with Crippen LogP contribution in [0, 0.1) is 17.2 Å². The molecule has 18 heavy (non-hydrogen) atoms. The number of hydrogen-bond donors (Lipinski definition) is 1. The summed E-state index contributed by atoms with van der Waals surface area (Å²) in [6.45, 7) is 0.178. The van der Waals surface area contributed by atoms with Crippen LogP contribution in [0.1, 0.15) is 12.0 Å². The minimum absolute atomic E-state index is 0.0674. The third-order valence-corrected chi connectivity index (χ3v) is 3.17. The van der Waals surface area contributed by atoms with Gasteiger partial charge < -0.3 is 5.73 Å². The normalized spacial score (nSPS) is 18.8. The number of rotatable bonds is 2. The molecule has 6 nitrogen and oxygen atoms in total. The van der Waals surface area contributed by atoms with Crippen LogP contribution in [-0.4, -0.2) is 23.3 Å². The molecule has 7 heteroatoms. The Balaban J connectivity index is 2.36. The fourth-order valence-electron chi connectivity index (χ4n) is 1.83. The Morgan fingerprint density at radius 1 is 1.67 bits per heavy atom. The number of anilines is 1. The Morgan fingerprint density at radius 2 is 2.39 bits per heavy atom. The lowest BCUT2D eigenvalue weighted by Crippen LogP contribution is -2.29. The highest BCUT2D eigenvalue weighted by Gasteiger charge is 2.35. The van der Waals surface area contributed by atoms with Gasteiger partial charge in [0.15, 0.2) is 5.82 Å². The van der Waals surface area contributed by atoms with Gasteiger partial charge in [-0.2, -0.15) is 5.26 Å². The van der Waals surface area contributed by atoms with Gasteiger partial charge in [-0.1, -0.05) is 0 Å². The van der Waals surface area contributed by atoms with Crippen LogP contribution in [0.2, 0.25) is 0 Å². The first-order valence-electron chi connectivity index (χ1n) is 5.18. The van der Waals surface area contributed by atoms with Crippen molar-refractivity contribution in [3.05, 3.63) is 22.3 Å². The van der Waals surface area contributed by atoms with E-state index in [1.54, 1.807) is 6.07 Å². The van der Waals surface area contributed by atoms with Crippen molar-refractivity contribution >= 4 is 33.6 Å². The van der Waals surface area contributed by atoms with E-state index in [2.05, 4.69) is 20.9 Å². The number of aromatic nitrogens is 1. The van der Waals surface area contributed by atoms with E-state index in [-0.39, 0.29) is 30.3 Å². The number of carbonyl (C=O) groups is 2. The molecule has 1 aromatic heterocycles. The highest BCUT2D eigenvalue weighted by molar-refractivity contribution is 9.10. The lowest BCUT2D eigenvalue weighted by molar-refractivity contribution is -0.123.